The zero-order valence-electron chi connectivity index (χ0n) is 15.3. The molecule has 3 heterocycles. The number of rotatable bonds is 4. The molecule has 0 aliphatic carbocycles. The van der Waals surface area contributed by atoms with E-state index in [1.165, 1.54) is 17.5 Å². The predicted molar refractivity (Wildman–Crippen MR) is 105 cm³/mol. The van der Waals surface area contributed by atoms with E-state index in [9.17, 15) is 14.4 Å². The minimum atomic E-state index is -0.951. The summed E-state index contributed by atoms with van der Waals surface area (Å²) in [7, 11) is 0. The Balaban J connectivity index is 1.41. The van der Waals surface area contributed by atoms with Crippen LogP contribution in [0.5, 0.6) is 0 Å². The molecule has 1 aromatic heterocycles. The Hall–Kier alpha value is -2.74. The summed E-state index contributed by atoms with van der Waals surface area (Å²) < 4.78 is 0. The number of carboxylic acid groups (broad SMARTS) is 1. The lowest BCUT2D eigenvalue weighted by atomic mass is 9.97. The number of likely N-dealkylation sites (tertiary alicyclic amines) is 1. The summed E-state index contributed by atoms with van der Waals surface area (Å²) in [6.07, 6.45) is 4.35. The summed E-state index contributed by atoms with van der Waals surface area (Å²) in [6, 6.07) is 7.29. The Labute approximate surface area is 166 Å². The zero-order valence-corrected chi connectivity index (χ0v) is 16.2. The quantitative estimate of drug-likeness (QED) is 0.853. The van der Waals surface area contributed by atoms with Gasteiger partial charge < -0.3 is 14.9 Å². The zero-order chi connectivity index (χ0) is 19.7. The van der Waals surface area contributed by atoms with E-state index in [0.717, 1.165) is 30.0 Å². The SMILES string of the molecule is O=C(O)c1cnc(C2CCN(C(=O)c3cccc(N4CCCC4=O)c3)CC2)s1. The van der Waals surface area contributed by atoms with E-state index >= 15 is 0 Å². The van der Waals surface area contributed by atoms with Crippen LogP contribution in [0.1, 0.15) is 56.6 Å². The lowest BCUT2D eigenvalue weighted by Crippen LogP contribution is -2.38. The molecule has 0 bridgehead atoms. The Morgan fingerprint density at radius 1 is 1.18 bits per heavy atom. The van der Waals surface area contributed by atoms with Gasteiger partial charge in [0.2, 0.25) is 5.91 Å². The fraction of sp³-hybridized carbons (Fsp3) is 0.400. The van der Waals surface area contributed by atoms with E-state index in [1.54, 1.807) is 17.0 Å². The number of carbonyl (C=O) groups is 3. The summed E-state index contributed by atoms with van der Waals surface area (Å²) in [5.74, 6) is -0.685. The van der Waals surface area contributed by atoms with Crippen molar-refractivity contribution in [2.75, 3.05) is 24.5 Å². The number of aromatic carboxylic acids is 1. The Morgan fingerprint density at radius 2 is 1.96 bits per heavy atom. The van der Waals surface area contributed by atoms with Crippen LogP contribution in [0, 0.1) is 0 Å². The van der Waals surface area contributed by atoms with Crippen LogP contribution in [-0.2, 0) is 4.79 Å². The number of carbonyl (C=O) groups excluding carboxylic acids is 2. The number of thiazole rings is 1. The van der Waals surface area contributed by atoms with Crippen molar-refractivity contribution in [3.63, 3.8) is 0 Å². The van der Waals surface area contributed by atoms with Gasteiger partial charge in [-0.2, -0.15) is 0 Å². The number of carboxylic acids is 1. The molecular weight excluding hydrogens is 378 g/mol. The minimum absolute atomic E-state index is 0.0303. The van der Waals surface area contributed by atoms with Crippen molar-refractivity contribution >= 4 is 34.8 Å². The van der Waals surface area contributed by atoms with Gasteiger partial charge >= 0.3 is 5.97 Å². The van der Waals surface area contributed by atoms with E-state index in [4.69, 9.17) is 5.11 Å². The van der Waals surface area contributed by atoms with Crippen LogP contribution in [0.25, 0.3) is 0 Å². The largest absolute Gasteiger partial charge is 0.477 e. The highest BCUT2D eigenvalue weighted by Gasteiger charge is 2.28. The molecule has 8 heteroatoms. The summed E-state index contributed by atoms with van der Waals surface area (Å²) in [4.78, 5) is 44.0. The van der Waals surface area contributed by atoms with Gasteiger partial charge in [-0.15, -0.1) is 11.3 Å². The molecule has 2 amide bonds. The van der Waals surface area contributed by atoms with Crippen molar-refractivity contribution in [1.82, 2.24) is 9.88 Å². The minimum Gasteiger partial charge on any atom is -0.477 e. The predicted octanol–water partition coefficient (Wildman–Crippen LogP) is 2.99. The van der Waals surface area contributed by atoms with E-state index in [0.29, 0.717) is 31.6 Å². The smallest absolute Gasteiger partial charge is 0.347 e. The third-order valence-electron chi connectivity index (χ3n) is 5.34. The molecule has 28 heavy (non-hydrogen) atoms. The molecule has 0 atom stereocenters. The molecule has 0 spiro atoms. The molecule has 0 unspecified atom stereocenters. The molecule has 1 aromatic carbocycles. The summed E-state index contributed by atoms with van der Waals surface area (Å²) in [6.45, 7) is 1.92. The van der Waals surface area contributed by atoms with Crippen molar-refractivity contribution in [3.05, 3.63) is 45.9 Å². The summed E-state index contributed by atoms with van der Waals surface area (Å²) in [5, 5.41) is 9.88. The Kier molecular flexibility index (Phi) is 5.13. The van der Waals surface area contributed by atoms with E-state index < -0.39 is 5.97 Å². The van der Waals surface area contributed by atoms with Crippen LogP contribution in [0.2, 0.25) is 0 Å². The molecule has 0 radical (unpaired) electrons. The molecule has 2 fully saturated rings. The highest BCUT2D eigenvalue weighted by Crippen LogP contribution is 2.32. The molecule has 2 aromatic rings. The van der Waals surface area contributed by atoms with Gasteiger partial charge in [-0.3, -0.25) is 9.59 Å². The van der Waals surface area contributed by atoms with E-state index in [1.807, 2.05) is 17.0 Å². The molecule has 1 N–H and O–H groups in total. The number of nitrogens with zero attached hydrogens (tertiary/aromatic N) is 3. The van der Waals surface area contributed by atoms with Crippen molar-refractivity contribution < 1.29 is 19.5 Å². The van der Waals surface area contributed by atoms with E-state index in [-0.39, 0.29) is 22.6 Å². The molecule has 2 saturated heterocycles. The monoisotopic (exact) mass is 399 g/mol. The molecule has 7 nitrogen and oxygen atoms in total. The standard InChI is InChI=1S/C20H21N3O4S/c24-17-5-2-8-23(17)15-4-1-3-14(11-15)19(25)22-9-6-13(7-10-22)18-21-12-16(28-18)20(26)27/h1,3-4,11-13H,2,5-10H2,(H,26,27). The first-order valence-corrected chi connectivity index (χ1v) is 10.2. The lowest BCUT2D eigenvalue weighted by molar-refractivity contribution is -0.117. The van der Waals surface area contributed by atoms with Crippen molar-refractivity contribution in [3.8, 4) is 0 Å². The van der Waals surface area contributed by atoms with E-state index in [2.05, 4.69) is 4.98 Å². The van der Waals surface area contributed by atoms with Crippen LogP contribution in [0.3, 0.4) is 0 Å². The first kappa shape index (κ1) is 18.6. The third-order valence-corrected chi connectivity index (χ3v) is 6.49. The van der Waals surface area contributed by atoms with Crippen molar-refractivity contribution in [2.24, 2.45) is 0 Å². The number of hydrogen-bond acceptors (Lipinski definition) is 5. The average Bonchev–Trinajstić information content (AvgIpc) is 3.37. The maximum atomic E-state index is 12.9. The summed E-state index contributed by atoms with van der Waals surface area (Å²) in [5.41, 5.74) is 1.38. The van der Waals surface area contributed by atoms with Crippen LogP contribution in [-0.4, -0.2) is 52.4 Å². The topological polar surface area (TPSA) is 90.8 Å². The van der Waals surface area contributed by atoms with Crippen LogP contribution < -0.4 is 4.90 Å². The second-order valence-corrected chi connectivity index (χ2v) is 8.20. The fourth-order valence-electron chi connectivity index (χ4n) is 3.82. The molecule has 4 rings (SSSR count). The number of piperidine rings is 1. The number of benzene rings is 1. The molecule has 146 valence electrons. The maximum Gasteiger partial charge on any atom is 0.347 e. The maximum absolute atomic E-state index is 12.9. The normalized spacial score (nSPS) is 17.9. The highest BCUT2D eigenvalue weighted by molar-refractivity contribution is 7.13. The van der Waals surface area contributed by atoms with Gasteiger partial charge in [-0.05, 0) is 37.5 Å². The molecule has 2 aliphatic rings. The molecule has 2 aliphatic heterocycles. The van der Waals surface area contributed by atoms with Crippen LogP contribution in [0.15, 0.2) is 30.5 Å². The highest BCUT2D eigenvalue weighted by atomic mass is 32.1. The Morgan fingerprint density at radius 3 is 2.61 bits per heavy atom. The number of aromatic nitrogens is 1. The third kappa shape index (κ3) is 3.64. The van der Waals surface area contributed by atoms with Gasteiger partial charge in [0, 0.05) is 43.2 Å². The van der Waals surface area contributed by atoms with Crippen molar-refractivity contribution in [2.45, 2.75) is 31.6 Å². The summed E-state index contributed by atoms with van der Waals surface area (Å²) >= 11 is 1.22. The lowest BCUT2D eigenvalue weighted by Gasteiger charge is -2.31. The number of anilines is 1. The number of amides is 2. The van der Waals surface area contributed by atoms with Crippen molar-refractivity contribution in [1.29, 1.82) is 0 Å². The van der Waals surface area contributed by atoms with Gasteiger partial charge in [0.25, 0.3) is 5.91 Å². The average molecular weight is 399 g/mol. The van der Waals surface area contributed by atoms with Gasteiger partial charge in [0.1, 0.15) is 4.88 Å². The van der Waals surface area contributed by atoms with Gasteiger partial charge in [-0.25, -0.2) is 9.78 Å². The van der Waals surface area contributed by atoms with Crippen LogP contribution >= 0.6 is 11.3 Å². The fourth-order valence-corrected chi connectivity index (χ4v) is 4.74. The first-order valence-electron chi connectivity index (χ1n) is 9.41. The number of hydrogen-bond donors (Lipinski definition) is 1. The first-order chi connectivity index (χ1) is 13.5. The van der Waals surface area contributed by atoms with Gasteiger partial charge in [0.05, 0.1) is 11.2 Å². The molecule has 0 saturated carbocycles. The second kappa shape index (κ2) is 7.71. The second-order valence-electron chi connectivity index (χ2n) is 7.13. The Bertz CT molecular complexity index is 918. The van der Waals surface area contributed by atoms with Crippen LogP contribution in [0.4, 0.5) is 5.69 Å². The van der Waals surface area contributed by atoms with Gasteiger partial charge in [-0.1, -0.05) is 6.07 Å². The molecular formula is C20H21N3O4S. The van der Waals surface area contributed by atoms with Gasteiger partial charge in [0.15, 0.2) is 0 Å².